The lowest BCUT2D eigenvalue weighted by atomic mass is 10.1. The molecule has 1 aromatic carbocycles. The van der Waals surface area contributed by atoms with Crippen LogP contribution in [0, 0.1) is 6.92 Å². The average Bonchev–Trinajstić information content (AvgIpc) is 2.53. The van der Waals surface area contributed by atoms with Crippen molar-refractivity contribution in [3.63, 3.8) is 0 Å². The van der Waals surface area contributed by atoms with Crippen LogP contribution >= 0.6 is 0 Å². The molecule has 2 aliphatic heterocycles. The number of esters is 1. The zero-order valence-corrected chi connectivity index (χ0v) is 13.1. The summed E-state index contributed by atoms with van der Waals surface area (Å²) >= 11 is 0. The first-order valence-corrected chi connectivity index (χ1v) is 6.81. The lowest BCUT2D eigenvalue weighted by Gasteiger charge is -2.15. The second-order valence-corrected chi connectivity index (χ2v) is 5.25. The lowest BCUT2D eigenvalue weighted by Crippen LogP contribution is -2.36. The molecule has 2 heterocycles. The topological polar surface area (TPSA) is 96.1 Å². The smallest absolute Gasteiger partial charge is 0.352 e. The zero-order valence-electron chi connectivity index (χ0n) is 13.1. The van der Waals surface area contributed by atoms with Crippen molar-refractivity contribution in [1.82, 2.24) is 19.1 Å². The van der Waals surface area contributed by atoms with E-state index < -0.39 is 17.2 Å². The molecule has 0 atom stereocenters. The number of rotatable bonds is 1. The van der Waals surface area contributed by atoms with Gasteiger partial charge in [-0.05, 0) is 24.6 Å². The first-order chi connectivity index (χ1) is 10.8. The number of carbonyl (C=O) groups is 1. The van der Waals surface area contributed by atoms with Gasteiger partial charge in [0.1, 0.15) is 0 Å². The Balaban J connectivity index is 2.50. The summed E-state index contributed by atoms with van der Waals surface area (Å²) in [5, 5.41) is 0. The quantitative estimate of drug-likeness (QED) is 0.471. The highest BCUT2D eigenvalue weighted by molar-refractivity contribution is 5.95. The van der Waals surface area contributed by atoms with Crippen LogP contribution in [0.4, 0.5) is 0 Å². The van der Waals surface area contributed by atoms with Crippen LogP contribution in [-0.2, 0) is 18.8 Å². The molecule has 0 saturated carbocycles. The number of hydrogen-bond acceptors (Lipinski definition) is 6. The number of benzene rings is 1. The third-order valence-corrected chi connectivity index (χ3v) is 3.85. The van der Waals surface area contributed by atoms with Crippen molar-refractivity contribution in [1.29, 1.82) is 0 Å². The molecule has 0 aliphatic carbocycles. The van der Waals surface area contributed by atoms with E-state index >= 15 is 0 Å². The van der Waals surface area contributed by atoms with E-state index in [4.69, 9.17) is 4.74 Å². The van der Waals surface area contributed by atoms with Crippen molar-refractivity contribution in [3.8, 4) is 11.5 Å². The molecule has 0 radical (unpaired) electrons. The number of hydrogen-bond donors (Lipinski definition) is 0. The molecular formula is C15H14N4O4. The number of fused-ring (bicyclic) bond motifs is 2. The Hall–Kier alpha value is -3.03. The van der Waals surface area contributed by atoms with Crippen LogP contribution in [0.5, 0.6) is 0 Å². The van der Waals surface area contributed by atoms with E-state index in [2.05, 4.69) is 9.97 Å². The van der Waals surface area contributed by atoms with Gasteiger partial charge in [0.05, 0.1) is 23.7 Å². The van der Waals surface area contributed by atoms with Crippen LogP contribution in [-0.4, -0.2) is 32.2 Å². The van der Waals surface area contributed by atoms with Crippen molar-refractivity contribution < 1.29 is 9.53 Å². The fourth-order valence-corrected chi connectivity index (χ4v) is 2.50. The third kappa shape index (κ3) is 2.10. The van der Waals surface area contributed by atoms with Gasteiger partial charge < -0.3 is 9.30 Å². The molecule has 23 heavy (non-hydrogen) atoms. The number of aromatic nitrogens is 4. The van der Waals surface area contributed by atoms with Crippen LogP contribution in [0.25, 0.3) is 22.6 Å². The fraction of sp³-hybridized carbons (Fsp3) is 0.267. The summed E-state index contributed by atoms with van der Waals surface area (Å²) in [6, 6.07) is 3.32. The largest absolute Gasteiger partial charge is 0.465 e. The number of carbonyl (C=O) groups excluding carboxylic acids is 1. The monoisotopic (exact) mass is 314 g/mol. The number of methoxy groups -OCH3 is 1. The maximum absolute atomic E-state index is 12.2. The molecule has 8 heteroatoms. The first-order valence-electron chi connectivity index (χ1n) is 6.81. The van der Waals surface area contributed by atoms with E-state index in [1.54, 1.807) is 30.7 Å². The highest BCUT2D eigenvalue weighted by Crippen LogP contribution is 2.23. The molecule has 0 N–H and O–H groups in total. The van der Waals surface area contributed by atoms with Gasteiger partial charge in [0, 0.05) is 14.1 Å². The predicted octanol–water partition coefficient (Wildman–Crippen LogP) is 0.227. The molecule has 1 aromatic rings. The molecule has 0 aromatic heterocycles. The van der Waals surface area contributed by atoms with Crippen molar-refractivity contribution in [2.75, 3.05) is 7.11 Å². The van der Waals surface area contributed by atoms with Gasteiger partial charge >= 0.3 is 11.7 Å². The van der Waals surface area contributed by atoms with E-state index in [0.29, 0.717) is 22.2 Å². The van der Waals surface area contributed by atoms with Gasteiger partial charge in [-0.25, -0.2) is 14.6 Å². The summed E-state index contributed by atoms with van der Waals surface area (Å²) in [6.07, 6.45) is 0. The van der Waals surface area contributed by atoms with E-state index in [1.165, 1.54) is 14.2 Å². The Labute approximate surface area is 130 Å². The standard InChI is InChI=1S/C15H14N4O4/c1-7-5-9-10(6-8(7)14(21)23-4)18(2)12-11(16-9)13(20)19(3)15(22)17-12/h5-6H,1-4H3. The van der Waals surface area contributed by atoms with E-state index in [-0.39, 0.29) is 11.5 Å². The Kier molecular flexibility index (Phi) is 3.24. The summed E-state index contributed by atoms with van der Waals surface area (Å²) in [5.41, 5.74) is 1.12. The van der Waals surface area contributed by atoms with Crippen LogP contribution in [0.3, 0.4) is 0 Å². The summed E-state index contributed by atoms with van der Waals surface area (Å²) in [6.45, 7) is 1.76. The maximum atomic E-state index is 12.2. The van der Waals surface area contributed by atoms with Crippen LogP contribution in [0.1, 0.15) is 15.9 Å². The van der Waals surface area contributed by atoms with E-state index in [0.717, 1.165) is 4.57 Å². The summed E-state index contributed by atoms with van der Waals surface area (Å²) < 4.78 is 7.25. The zero-order chi connectivity index (χ0) is 16.9. The van der Waals surface area contributed by atoms with Gasteiger partial charge in [-0.3, -0.25) is 9.36 Å². The van der Waals surface area contributed by atoms with Crippen molar-refractivity contribution in [2.24, 2.45) is 14.1 Å². The van der Waals surface area contributed by atoms with Gasteiger partial charge in [0.15, 0.2) is 11.5 Å². The Bertz CT molecular complexity index is 1050. The molecule has 0 bridgehead atoms. The summed E-state index contributed by atoms with van der Waals surface area (Å²) in [7, 11) is 4.32. The maximum Gasteiger partial charge on any atom is 0.352 e. The minimum atomic E-state index is -0.653. The summed E-state index contributed by atoms with van der Waals surface area (Å²) in [4.78, 5) is 44.0. The predicted molar refractivity (Wildman–Crippen MR) is 82.7 cm³/mol. The highest BCUT2D eigenvalue weighted by atomic mass is 16.5. The van der Waals surface area contributed by atoms with Gasteiger partial charge in [-0.1, -0.05) is 0 Å². The van der Waals surface area contributed by atoms with Crippen molar-refractivity contribution in [3.05, 3.63) is 44.1 Å². The highest BCUT2D eigenvalue weighted by Gasteiger charge is 2.20. The van der Waals surface area contributed by atoms with Crippen LogP contribution in [0.15, 0.2) is 21.7 Å². The molecular weight excluding hydrogens is 300 g/mol. The minimum absolute atomic E-state index is 0.104. The molecule has 118 valence electrons. The van der Waals surface area contributed by atoms with E-state index in [9.17, 15) is 14.4 Å². The SMILES string of the molecule is COC(=O)c1cc2c(cc1C)nc1c(=O)n(C)c(=O)nc-1n2C. The van der Waals surface area contributed by atoms with Gasteiger partial charge in [-0.15, -0.1) is 0 Å². The van der Waals surface area contributed by atoms with E-state index in [1.807, 2.05) is 0 Å². The minimum Gasteiger partial charge on any atom is -0.465 e. The second-order valence-electron chi connectivity index (χ2n) is 5.25. The average molecular weight is 314 g/mol. The van der Waals surface area contributed by atoms with Gasteiger partial charge in [0.25, 0.3) is 5.56 Å². The van der Waals surface area contributed by atoms with Crippen molar-refractivity contribution >= 4 is 17.0 Å². The lowest BCUT2D eigenvalue weighted by molar-refractivity contribution is 0.0600. The van der Waals surface area contributed by atoms with Gasteiger partial charge in [0.2, 0.25) is 0 Å². The molecule has 2 aliphatic rings. The Morgan fingerprint density at radius 1 is 1.13 bits per heavy atom. The van der Waals surface area contributed by atoms with Crippen LogP contribution in [0.2, 0.25) is 0 Å². The Morgan fingerprint density at radius 2 is 1.83 bits per heavy atom. The number of nitrogens with zero attached hydrogens (tertiary/aromatic N) is 4. The normalized spacial score (nSPS) is 11.1. The van der Waals surface area contributed by atoms with Crippen molar-refractivity contribution in [2.45, 2.75) is 6.92 Å². The molecule has 0 saturated heterocycles. The first kappa shape index (κ1) is 14.9. The van der Waals surface area contributed by atoms with Crippen LogP contribution < -0.4 is 11.2 Å². The Morgan fingerprint density at radius 3 is 2.48 bits per heavy atom. The third-order valence-electron chi connectivity index (χ3n) is 3.85. The second kappa shape index (κ2) is 5.01. The number of aryl methyl sites for hydroxylation is 2. The molecule has 8 nitrogen and oxygen atoms in total. The molecule has 0 unspecified atom stereocenters. The molecule has 0 amide bonds. The van der Waals surface area contributed by atoms with Gasteiger partial charge in [-0.2, -0.15) is 4.98 Å². The molecule has 0 fully saturated rings. The molecule has 0 spiro atoms. The number of ether oxygens (including phenoxy) is 1. The fourth-order valence-electron chi connectivity index (χ4n) is 2.50. The molecule has 3 rings (SSSR count). The summed E-state index contributed by atoms with van der Waals surface area (Å²) in [5.74, 6) is -0.295.